The van der Waals surface area contributed by atoms with Gasteiger partial charge in [-0.3, -0.25) is 4.79 Å². The summed E-state index contributed by atoms with van der Waals surface area (Å²) in [5.41, 5.74) is 0. The first-order chi connectivity index (χ1) is 9.29. The van der Waals surface area contributed by atoms with E-state index in [4.69, 9.17) is 4.52 Å². The van der Waals surface area contributed by atoms with E-state index in [0.717, 1.165) is 31.8 Å². The molecule has 0 unspecified atom stereocenters. The van der Waals surface area contributed by atoms with E-state index in [1.807, 2.05) is 7.05 Å². The molecule has 1 heterocycles. The van der Waals surface area contributed by atoms with Crippen LogP contribution in [0.15, 0.2) is 4.52 Å². The fraction of sp³-hybridized carbons (Fsp3) is 0.769. The van der Waals surface area contributed by atoms with Gasteiger partial charge in [0.1, 0.15) is 0 Å². The van der Waals surface area contributed by atoms with Gasteiger partial charge in [-0.1, -0.05) is 5.16 Å². The molecule has 0 spiro atoms. The van der Waals surface area contributed by atoms with Crippen LogP contribution in [0, 0.1) is 0 Å². The van der Waals surface area contributed by atoms with E-state index in [1.165, 1.54) is 12.8 Å². The number of hydrogen-bond acceptors (Lipinski definition) is 5. The Morgan fingerprint density at radius 1 is 1.37 bits per heavy atom. The summed E-state index contributed by atoms with van der Waals surface area (Å²) in [5, 5.41) is 9.89. The maximum absolute atomic E-state index is 11.5. The zero-order valence-electron chi connectivity index (χ0n) is 11.4. The van der Waals surface area contributed by atoms with E-state index >= 15 is 0 Å². The molecule has 2 N–H and O–H groups in total. The minimum Gasteiger partial charge on any atom is -0.356 e. The molecule has 6 nitrogen and oxygen atoms in total. The molecular formula is C13H22N4O2. The highest BCUT2D eigenvalue weighted by atomic mass is 16.5. The first-order valence-electron chi connectivity index (χ1n) is 7.03. The van der Waals surface area contributed by atoms with Crippen molar-refractivity contribution in [2.75, 3.05) is 20.1 Å². The topological polar surface area (TPSA) is 80.0 Å². The molecule has 1 amide bonds. The minimum absolute atomic E-state index is 0.0954. The lowest BCUT2D eigenvalue weighted by Crippen LogP contribution is -2.26. The van der Waals surface area contributed by atoms with Crippen LogP contribution in [0.4, 0.5) is 0 Å². The first kappa shape index (κ1) is 14.0. The number of rotatable bonds is 9. The second-order valence-electron chi connectivity index (χ2n) is 4.98. The Bertz CT molecular complexity index is 401. The van der Waals surface area contributed by atoms with E-state index < -0.39 is 0 Å². The van der Waals surface area contributed by atoms with E-state index in [1.54, 1.807) is 0 Å². The fourth-order valence-corrected chi connectivity index (χ4v) is 1.86. The number of nitrogens with zero attached hydrogens (tertiary/aromatic N) is 2. The van der Waals surface area contributed by atoms with Crippen LogP contribution in [0.5, 0.6) is 0 Å². The predicted octanol–water partition coefficient (Wildman–Crippen LogP) is 0.995. The number of nitrogens with one attached hydrogen (secondary N) is 2. The second-order valence-corrected chi connectivity index (χ2v) is 4.98. The van der Waals surface area contributed by atoms with Crippen molar-refractivity contribution in [3.05, 3.63) is 11.7 Å². The fourth-order valence-electron chi connectivity index (χ4n) is 1.86. The predicted molar refractivity (Wildman–Crippen MR) is 70.8 cm³/mol. The van der Waals surface area contributed by atoms with E-state index in [0.29, 0.717) is 24.7 Å². The summed E-state index contributed by atoms with van der Waals surface area (Å²) in [4.78, 5) is 15.9. The van der Waals surface area contributed by atoms with Crippen LogP contribution >= 0.6 is 0 Å². The molecule has 1 fully saturated rings. The van der Waals surface area contributed by atoms with Gasteiger partial charge >= 0.3 is 0 Å². The first-order valence-corrected chi connectivity index (χ1v) is 7.03. The molecule has 1 aliphatic rings. The molecule has 1 aliphatic carbocycles. The summed E-state index contributed by atoms with van der Waals surface area (Å²) >= 11 is 0. The Labute approximate surface area is 113 Å². The van der Waals surface area contributed by atoms with Crippen molar-refractivity contribution >= 4 is 5.91 Å². The SMILES string of the molecule is CNCCCNC(=O)CCCc1nc(C2CC2)no1. The average Bonchev–Trinajstić information content (AvgIpc) is 3.15. The Hall–Kier alpha value is -1.43. The summed E-state index contributed by atoms with van der Waals surface area (Å²) < 4.78 is 5.16. The number of hydrogen-bond donors (Lipinski definition) is 2. The highest BCUT2D eigenvalue weighted by Crippen LogP contribution is 2.38. The third-order valence-corrected chi connectivity index (χ3v) is 3.15. The quantitative estimate of drug-likeness (QED) is 0.652. The third kappa shape index (κ3) is 4.98. The van der Waals surface area contributed by atoms with Gasteiger partial charge < -0.3 is 15.2 Å². The Morgan fingerprint density at radius 2 is 2.21 bits per heavy atom. The summed E-state index contributed by atoms with van der Waals surface area (Å²) in [6.45, 7) is 1.65. The lowest BCUT2D eigenvalue weighted by atomic mass is 10.2. The molecule has 0 bridgehead atoms. The Kier molecular flexibility index (Phi) is 5.32. The Balaban J connectivity index is 1.56. The van der Waals surface area contributed by atoms with Crippen molar-refractivity contribution in [2.24, 2.45) is 0 Å². The monoisotopic (exact) mass is 266 g/mol. The molecule has 0 atom stereocenters. The van der Waals surface area contributed by atoms with Gasteiger partial charge in [-0.15, -0.1) is 0 Å². The number of carbonyl (C=O) groups is 1. The van der Waals surface area contributed by atoms with Gasteiger partial charge in [-0.05, 0) is 39.3 Å². The number of aryl methyl sites for hydroxylation is 1. The number of amides is 1. The van der Waals surface area contributed by atoms with Crippen LogP contribution in [0.1, 0.15) is 49.7 Å². The van der Waals surface area contributed by atoms with Gasteiger partial charge in [0, 0.05) is 25.3 Å². The van der Waals surface area contributed by atoms with Crippen molar-refractivity contribution in [3.8, 4) is 0 Å². The minimum atomic E-state index is 0.0954. The van der Waals surface area contributed by atoms with Crippen LogP contribution in [0.3, 0.4) is 0 Å². The molecule has 19 heavy (non-hydrogen) atoms. The zero-order valence-corrected chi connectivity index (χ0v) is 11.4. The summed E-state index contributed by atoms with van der Waals surface area (Å²) in [6.07, 6.45) is 5.26. The van der Waals surface area contributed by atoms with Gasteiger partial charge in [-0.25, -0.2) is 0 Å². The van der Waals surface area contributed by atoms with Crippen LogP contribution < -0.4 is 10.6 Å². The molecule has 1 saturated carbocycles. The zero-order chi connectivity index (χ0) is 13.5. The van der Waals surface area contributed by atoms with Crippen molar-refractivity contribution in [3.63, 3.8) is 0 Å². The van der Waals surface area contributed by atoms with E-state index in [9.17, 15) is 4.79 Å². The van der Waals surface area contributed by atoms with Crippen molar-refractivity contribution in [1.29, 1.82) is 0 Å². The van der Waals surface area contributed by atoms with Crippen molar-refractivity contribution in [2.45, 2.75) is 44.4 Å². The summed E-state index contributed by atoms with van der Waals surface area (Å²) in [6, 6.07) is 0. The molecule has 1 aromatic heterocycles. The van der Waals surface area contributed by atoms with Crippen molar-refractivity contribution < 1.29 is 9.32 Å². The van der Waals surface area contributed by atoms with E-state index in [2.05, 4.69) is 20.8 Å². The summed E-state index contributed by atoms with van der Waals surface area (Å²) in [7, 11) is 1.90. The molecule has 0 saturated heterocycles. The standard InChI is InChI=1S/C13H22N4O2/c1-14-8-3-9-15-11(18)4-2-5-12-16-13(17-19-12)10-6-7-10/h10,14H,2-9H2,1H3,(H,15,18). The van der Waals surface area contributed by atoms with Gasteiger partial charge in [-0.2, -0.15) is 4.98 Å². The molecule has 1 aromatic rings. The van der Waals surface area contributed by atoms with Gasteiger partial charge in [0.15, 0.2) is 5.82 Å². The van der Waals surface area contributed by atoms with Gasteiger partial charge in [0.2, 0.25) is 11.8 Å². The van der Waals surface area contributed by atoms with Gasteiger partial charge in [0.05, 0.1) is 0 Å². The van der Waals surface area contributed by atoms with Crippen LogP contribution in [0.2, 0.25) is 0 Å². The maximum Gasteiger partial charge on any atom is 0.226 e. The lowest BCUT2D eigenvalue weighted by Gasteiger charge is -2.03. The molecule has 0 aliphatic heterocycles. The maximum atomic E-state index is 11.5. The van der Waals surface area contributed by atoms with E-state index in [-0.39, 0.29) is 5.91 Å². The third-order valence-electron chi connectivity index (χ3n) is 3.15. The average molecular weight is 266 g/mol. The van der Waals surface area contributed by atoms with Crippen LogP contribution in [0.25, 0.3) is 0 Å². The molecule has 106 valence electrons. The highest BCUT2D eigenvalue weighted by Gasteiger charge is 2.28. The second kappa shape index (κ2) is 7.23. The molecule has 0 radical (unpaired) electrons. The Morgan fingerprint density at radius 3 is 2.95 bits per heavy atom. The molecule has 0 aromatic carbocycles. The van der Waals surface area contributed by atoms with Crippen molar-refractivity contribution in [1.82, 2.24) is 20.8 Å². The van der Waals surface area contributed by atoms with Crippen LogP contribution in [-0.4, -0.2) is 36.2 Å². The summed E-state index contributed by atoms with van der Waals surface area (Å²) in [5.74, 6) is 2.11. The molecular weight excluding hydrogens is 244 g/mol. The lowest BCUT2D eigenvalue weighted by molar-refractivity contribution is -0.121. The molecule has 2 rings (SSSR count). The smallest absolute Gasteiger partial charge is 0.226 e. The molecule has 6 heteroatoms. The number of aromatic nitrogens is 2. The highest BCUT2D eigenvalue weighted by molar-refractivity contribution is 5.75. The number of carbonyl (C=O) groups excluding carboxylic acids is 1. The normalized spacial score (nSPS) is 14.6. The van der Waals surface area contributed by atoms with Crippen LogP contribution in [-0.2, 0) is 11.2 Å². The largest absolute Gasteiger partial charge is 0.356 e. The van der Waals surface area contributed by atoms with Gasteiger partial charge in [0.25, 0.3) is 0 Å².